The molecule has 160 valence electrons. The Hall–Kier alpha value is -3.52. The number of H-pyrrole nitrogens is 1. The van der Waals surface area contributed by atoms with Gasteiger partial charge in [0.25, 0.3) is 0 Å². The van der Waals surface area contributed by atoms with Gasteiger partial charge in [-0.2, -0.15) is 4.98 Å². The first-order chi connectivity index (χ1) is 15.2. The molecule has 0 aliphatic carbocycles. The fourth-order valence-electron chi connectivity index (χ4n) is 3.48. The number of nitrogens with zero attached hydrogens (tertiary/aromatic N) is 3. The predicted molar refractivity (Wildman–Crippen MR) is 122 cm³/mol. The molecular weight excluding hydrogens is 392 g/mol. The SMILES string of the molecule is N=C1CCN(CCCCOc2ccc3ccc(=O)[nH]c3n2)C/C1=C/Nc1ccccn1. The van der Waals surface area contributed by atoms with Gasteiger partial charge in [-0.3, -0.25) is 9.69 Å². The van der Waals surface area contributed by atoms with Gasteiger partial charge in [-0.15, -0.1) is 0 Å². The molecule has 1 aliphatic rings. The topological polar surface area (TPSA) is 107 Å². The third-order valence-corrected chi connectivity index (χ3v) is 5.19. The summed E-state index contributed by atoms with van der Waals surface area (Å²) in [5, 5.41) is 12.3. The van der Waals surface area contributed by atoms with E-state index < -0.39 is 0 Å². The normalized spacial score (nSPS) is 16.0. The van der Waals surface area contributed by atoms with E-state index in [9.17, 15) is 4.79 Å². The number of pyridine rings is 3. The van der Waals surface area contributed by atoms with Crippen LogP contribution in [-0.4, -0.2) is 51.8 Å². The van der Waals surface area contributed by atoms with Crippen LogP contribution in [-0.2, 0) is 0 Å². The van der Waals surface area contributed by atoms with Crippen molar-refractivity contribution < 1.29 is 4.74 Å². The molecule has 0 aromatic carbocycles. The Kier molecular flexibility index (Phi) is 6.68. The number of unbranched alkanes of at least 4 members (excludes halogenated alkanes) is 1. The maximum absolute atomic E-state index is 11.4. The summed E-state index contributed by atoms with van der Waals surface area (Å²) >= 11 is 0. The fourth-order valence-corrected chi connectivity index (χ4v) is 3.48. The average Bonchev–Trinajstić information content (AvgIpc) is 2.79. The molecule has 3 aromatic rings. The Morgan fingerprint density at radius 3 is 2.97 bits per heavy atom. The second-order valence-corrected chi connectivity index (χ2v) is 7.50. The Bertz CT molecular complexity index is 1130. The van der Waals surface area contributed by atoms with Crippen LogP contribution >= 0.6 is 0 Å². The number of likely N-dealkylation sites (tertiary alicyclic amines) is 1. The van der Waals surface area contributed by atoms with Crippen molar-refractivity contribution in [2.75, 3.05) is 31.6 Å². The third-order valence-electron chi connectivity index (χ3n) is 5.19. The first kappa shape index (κ1) is 20.7. The number of ether oxygens (including phenoxy) is 1. The van der Waals surface area contributed by atoms with Gasteiger partial charge in [-0.1, -0.05) is 6.07 Å². The zero-order valence-corrected chi connectivity index (χ0v) is 17.3. The summed E-state index contributed by atoms with van der Waals surface area (Å²) in [5.41, 5.74) is 2.06. The van der Waals surface area contributed by atoms with Crippen LogP contribution in [0, 0.1) is 5.41 Å². The van der Waals surface area contributed by atoms with Gasteiger partial charge < -0.3 is 20.4 Å². The number of nitrogens with one attached hydrogen (secondary N) is 3. The highest BCUT2D eigenvalue weighted by Crippen LogP contribution is 2.15. The van der Waals surface area contributed by atoms with Gasteiger partial charge in [0.15, 0.2) is 0 Å². The lowest BCUT2D eigenvalue weighted by Gasteiger charge is -2.29. The number of hydrogen-bond acceptors (Lipinski definition) is 7. The number of aromatic amines is 1. The summed E-state index contributed by atoms with van der Waals surface area (Å²) in [6.45, 7) is 3.19. The monoisotopic (exact) mass is 418 g/mol. The maximum atomic E-state index is 11.4. The highest BCUT2D eigenvalue weighted by molar-refractivity contribution is 5.99. The molecule has 1 fully saturated rings. The number of piperidine rings is 1. The zero-order valence-electron chi connectivity index (χ0n) is 17.3. The van der Waals surface area contributed by atoms with Crippen LogP contribution in [0.2, 0.25) is 0 Å². The standard InChI is InChI=1S/C23H26N6O2/c24-19-10-13-29(16-18(19)15-26-20-5-1-2-11-25-20)12-3-4-14-31-22-9-7-17-6-8-21(30)27-23(17)28-22/h1-2,5-9,11,15,24H,3-4,10,12-14,16H2,(H,25,26)(H,27,28,30)/b18-15-,24-19?. The molecule has 0 radical (unpaired) electrons. The molecule has 8 nitrogen and oxygen atoms in total. The minimum absolute atomic E-state index is 0.171. The predicted octanol–water partition coefficient (Wildman–Crippen LogP) is 3.20. The quantitative estimate of drug-likeness (QED) is 0.485. The van der Waals surface area contributed by atoms with Gasteiger partial charge in [0.05, 0.1) is 6.61 Å². The summed E-state index contributed by atoms with van der Waals surface area (Å²) in [6.07, 6.45) is 6.30. The van der Waals surface area contributed by atoms with Crippen LogP contribution in [0.4, 0.5) is 5.82 Å². The molecule has 3 aromatic heterocycles. The second kappa shape index (κ2) is 9.99. The molecule has 0 amide bonds. The molecular formula is C23H26N6O2. The van der Waals surface area contributed by atoms with E-state index in [1.54, 1.807) is 12.3 Å². The van der Waals surface area contributed by atoms with E-state index in [1.807, 2.05) is 36.5 Å². The zero-order chi connectivity index (χ0) is 21.5. The van der Waals surface area contributed by atoms with Gasteiger partial charge in [-0.25, -0.2) is 4.98 Å². The van der Waals surface area contributed by atoms with Crippen molar-refractivity contribution in [3.8, 4) is 5.88 Å². The number of fused-ring (bicyclic) bond motifs is 1. The number of hydrogen-bond donors (Lipinski definition) is 3. The van der Waals surface area contributed by atoms with Crippen LogP contribution in [0.1, 0.15) is 19.3 Å². The van der Waals surface area contributed by atoms with Gasteiger partial charge >= 0.3 is 0 Å². The van der Waals surface area contributed by atoms with Gasteiger partial charge in [0, 0.05) is 60.7 Å². The molecule has 0 unspecified atom stereocenters. The van der Waals surface area contributed by atoms with Gasteiger partial charge in [-0.05, 0) is 43.7 Å². The summed E-state index contributed by atoms with van der Waals surface area (Å²) < 4.78 is 5.76. The number of rotatable bonds is 8. The Morgan fingerprint density at radius 1 is 1.19 bits per heavy atom. The van der Waals surface area contributed by atoms with E-state index in [-0.39, 0.29) is 5.56 Å². The van der Waals surface area contributed by atoms with E-state index in [0.717, 1.165) is 55.7 Å². The summed E-state index contributed by atoms with van der Waals surface area (Å²) in [4.78, 5) is 25.1. The maximum Gasteiger partial charge on any atom is 0.249 e. The Labute approximate surface area is 180 Å². The third kappa shape index (κ3) is 5.76. The molecule has 31 heavy (non-hydrogen) atoms. The highest BCUT2D eigenvalue weighted by atomic mass is 16.5. The lowest BCUT2D eigenvalue weighted by Crippen LogP contribution is -2.36. The van der Waals surface area contributed by atoms with E-state index in [4.69, 9.17) is 10.1 Å². The summed E-state index contributed by atoms with van der Waals surface area (Å²) in [6, 6.07) is 12.7. The largest absolute Gasteiger partial charge is 0.478 e. The first-order valence-corrected chi connectivity index (χ1v) is 10.5. The van der Waals surface area contributed by atoms with E-state index in [1.165, 1.54) is 6.07 Å². The number of anilines is 1. The van der Waals surface area contributed by atoms with Crippen LogP contribution in [0.3, 0.4) is 0 Å². The first-order valence-electron chi connectivity index (χ1n) is 10.5. The minimum atomic E-state index is -0.171. The van der Waals surface area contributed by atoms with Crippen LogP contribution in [0.25, 0.3) is 11.0 Å². The number of aromatic nitrogens is 3. The van der Waals surface area contributed by atoms with Crippen molar-refractivity contribution in [1.29, 1.82) is 5.41 Å². The minimum Gasteiger partial charge on any atom is -0.478 e. The molecule has 1 aliphatic heterocycles. The highest BCUT2D eigenvalue weighted by Gasteiger charge is 2.18. The van der Waals surface area contributed by atoms with Crippen molar-refractivity contribution in [3.63, 3.8) is 0 Å². The molecule has 4 heterocycles. The average molecular weight is 419 g/mol. The molecule has 3 N–H and O–H groups in total. The summed E-state index contributed by atoms with van der Waals surface area (Å²) in [5.74, 6) is 1.30. The smallest absolute Gasteiger partial charge is 0.249 e. The van der Waals surface area contributed by atoms with Crippen LogP contribution in [0.15, 0.2) is 65.2 Å². The van der Waals surface area contributed by atoms with Crippen LogP contribution < -0.4 is 15.6 Å². The lowest BCUT2D eigenvalue weighted by molar-refractivity contribution is 0.259. The van der Waals surface area contributed by atoms with Crippen molar-refractivity contribution in [3.05, 3.63) is 70.8 Å². The molecule has 0 atom stereocenters. The van der Waals surface area contributed by atoms with Gasteiger partial charge in [0.1, 0.15) is 11.5 Å². The van der Waals surface area contributed by atoms with Crippen molar-refractivity contribution in [2.24, 2.45) is 0 Å². The molecule has 0 bridgehead atoms. The van der Waals surface area contributed by atoms with Crippen molar-refractivity contribution in [2.45, 2.75) is 19.3 Å². The summed E-state index contributed by atoms with van der Waals surface area (Å²) in [7, 11) is 0. The van der Waals surface area contributed by atoms with E-state index in [2.05, 4.69) is 25.2 Å². The van der Waals surface area contributed by atoms with Crippen molar-refractivity contribution >= 4 is 22.6 Å². The van der Waals surface area contributed by atoms with E-state index >= 15 is 0 Å². The Morgan fingerprint density at radius 2 is 2.10 bits per heavy atom. The van der Waals surface area contributed by atoms with Crippen LogP contribution in [0.5, 0.6) is 5.88 Å². The Balaban J connectivity index is 1.21. The molecule has 0 spiro atoms. The molecule has 1 saturated heterocycles. The molecule has 8 heteroatoms. The van der Waals surface area contributed by atoms with E-state index in [0.29, 0.717) is 23.8 Å². The fraction of sp³-hybridized carbons (Fsp3) is 0.304. The van der Waals surface area contributed by atoms with Crippen molar-refractivity contribution in [1.82, 2.24) is 19.9 Å². The second-order valence-electron chi connectivity index (χ2n) is 7.50. The molecule has 0 saturated carbocycles. The molecule has 4 rings (SSSR count). The lowest BCUT2D eigenvalue weighted by atomic mass is 10.0. The van der Waals surface area contributed by atoms with Gasteiger partial charge in [0.2, 0.25) is 11.4 Å².